The second kappa shape index (κ2) is 7.80. The van der Waals surface area contributed by atoms with Gasteiger partial charge in [-0.1, -0.05) is 11.8 Å². The van der Waals surface area contributed by atoms with Gasteiger partial charge in [-0.2, -0.15) is 0 Å². The maximum Gasteiger partial charge on any atom is 0.123 e. The molecule has 0 fully saturated rings. The first-order chi connectivity index (χ1) is 9.06. The first-order valence-electron chi connectivity index (χ1n) is 6.29. The van der Waals surface area contributed by atoms with Gasteiger partial charge in [0.2, 0.25) is 0 Å². The Kier molecular flexibility index (Phi) is 6.37. The van der Waals surface area contributed by atoms with Crippen molar-refractivity contribution in [1.29, 1.82) is 0 Å². The fraction of sp³-hybridized carbons (Fsp3) is 0.467. The van der Waals surface area contributed by atoms with E-state index in [4.69, 9.17) is 10.5 Å². The molecule has 0 radical (unpaired) electrons. The van der Waals surface area contributed by atoms with E-state index >= 15 is 0 Å². The summed E-state index contributed by atoms with van der Waals surface area (Å²) in [6.45, 7) is 3.44. The van der Waals surface area contributed by atoms with Gasteiger partial charge in [-0.25, -0.2) is 0 Å². The number of ether oxygens (including phenoxy) is 1. The van der Waals surface area contributed by atoms with Crippen molar-refractivity contribution in [2.75, 3.05) is 27.2 Å². The molecule has 0 aliphatic rings. The van der Waals surface area contributed by atoms with E-state index in [1.807, 2.05) is 30.1 Å². The van der Waals surface area contributed by atoms with Gasteiger partial charge in [0.05, 0.1) is 19.8 Å². The summed E-state index contributed by atoms with van der Waals surface area (Å²) in [4.78, 5) is 2.04. The Labute approximate surface area is 115 Å². The molecular formula is C15H22N2O2. The maximum absolute atomic E-state index is 9.39. The van der Waals surface area contributed by atoms with Crippen molar-refractivity contribution in [3.05, 3.63) is 29.3 Å². The van der Waals surface area contributed by atoms with Crippen LogP contribution < -0.4 is 10.5 Å². The molecule has 1 unspecified atom stereocenters. The van der Waals surface area contributed by atoms with Gasteiger partial charge < -0.3 is 15.6 Å². The van der Waals surface area contributed by atoms with Gasteiger partial charge >= 0.3 is 0 Å². The van der Waals surface area contributed by atoms with Crippen LogP contribution in [0, 0.1) is 11.8 Å². The number of hydrogen-bond acceptors (Lipinski definition) is 4. The number of aliphatic hydroxyl groups is 1. The minimum absolute atomic E-state index is 0.350. The van der Waals surface area contributed by atoms with Crippen LogP contribution in [0.15, 0.2) is 18.2 Å². The zero-order valence-electron chi connectivity index (χ0n) is 11.8. The van der Waals surface area contributed by atoms with E-state index in [9.17, 15) is 5.11 Å². The summed E-state index contributed by atoms with van der Waals surface area (Å²) in [7, 11) is 3.61. The summed E-state index contributed by atoms with van der Waals surface area (Å²) in [5.74, 6) is 6.68. The lowest BCUT2D eigenvalue weighted by Crippen LogP contribution is -2.26. The van der Waals surface area contributed by atoms with E-state index < -0.39 is 0 Å². The summed E-state index contributed by atoms with van der Waals surface area (Å²) >= 11 is 0. The molecule has 0 amide bonds. The van der Waals surface area contributed by atoms with Crippen LogP contribution in [-0.2, 0) is 6.54 Å². The van der Waals surface area contributed by atoms with Crippen molar-refractivity contribution in [2.45, 2.75) is 19.6 Å². The van der Waals surface area contributed by atoms with E-state index in [0.717, 1.165) is 16.9 Å². The van der Waals surface area contributed by atoms with Gasteiger partial charge in [0, 0.05) is 24.2 Å². The highest BCUT2D eigenvalue weighted by Gasteiger charge is 2.09. The fourth-order valence-corrected chi connectivity index (χ4v) is 1.94. The topological polar surface area (TPSA) is 58.7 Å². The van der Waals surface area contributed by atoms with Crippen LogP contribution in [0.4, 0.5) is 0 Å². The number of rotatable bonds is 5. The number of nitrogens with two attached hydrogens (primary N) is 1. The molecule has 4 nitrogen and oxygen atoms in total. The predicted octanol–water partition coefficient (Wildman–Crippen LogP) is 0.818. The molecule has 3 N–H and O–H groups in total. The standard InChI is InChI=1S/C15H22N2O2/c1-12(18)10-17(2)11-14-9-13(5-4-8-16)6-7-15(14)19-3/h6-7,9,12,18H,8,10-11,16H2,1-3H3. The highest BCUT2D eigenvalue weighted by atomic mass is 16.5. The molecule has 0 aliphatic heterocycles. The molecule has 0 bridgehead atoms. The number of benzene rings is 1. The largest absolute Gasteiger partial charge is 0.496 e. The fourth-order valence-electron chi connectivity index (χ4n) is 1.94. The second-order valence-corrected chi connectivity index (χ2v) is 4.58. The summed E-state index contributed by atoms with van der Waals surface area (Å²) in [6.07, 6.45) is -0.351. The Hall–Kier alpha value is -1.54. The smallest absolute Gasteiger partial charge is 0.123 e. The number of nitrogens with zero attached hydrogens (tertiary/aromatic N) is 1. The molecule has 1 rings (SSSR count). The molecular weight excluding hydrogens is 240 g/mol. The van der Waals surface area contributed by atoms with Crippen LogP contribution in [0.1, 0.15) is 18.1 Å². The van der Waals surface area contributed by atoms with Crippen LogP contribution >= 0.6 is 0 Å². The van der Waals surface area contributed by atoms with Crippen LogP contribution in [-0.4, -0.2) is 43.4 Å². The van der Waals surface area contributed by atoms with Crippen molar-refractivity contribution in [3.63, 3.8) is 0 Å². The summed E-state index contributed by atoms with van der Waals surface area (Å²) in [6, 6.07) is 5.83. The number of likely N-dealkylation sites (N-methyl/N-ethyl adjacent to an activating group) is 1. The van der Waals surface area contributed by atoms with E-state index in [-0.39, 0.29) is 6.10 Å². The third-order valence-corrected chi connectivity index (χ3v) is 2.63. The van der Waals surface area contributed by atoms with Gasteiger partial charge in [0.1, 0.15) is 5.75 Å². The number of methoxy groups -OCH3 is 1. The first-order valence-corrected chi connectivity index (χ1v) is 6.29. The van der Waals surface area contributed by atoms with E-state index in [2.05, 4.69) is 11.8 Å². The lowest BCUT2D eigenvalue weighted by molar-refractivity contribution is 0.138. The second-order valence-electron chi connectivity index (χ2n) is 4.58. The van der Waals surface area contributed by atoms with Crippen LogP contribution in [0.5, 0.6) is 5.75 Å². The lowest BCUT2D eigenvalue weighted by atomic mass is 10.1. The van der Waals surface area contributed by atoms with Crippen LogP contribution in [0.3, 0.4) is 0 Å². The van der Waals surface area contributed by atoms with E-state index in [1.165, 1.54) is 0 Å². The van der Waals surface area contributed by atoms with Crippen molar-refractivity contribution in [3.8, 4) is 17.6 Å². The average molecular weight is 262 g/mol. The molecule has 1 aromatic rings. The number of aliphatic hydroxyl groups excluding tert-OH is 1. The minimum Gasteiger partial charge on any atom is -0.496 e. The molecule has 104 valence electrons. The molecule has 0 aliphatic carbocycles. The molecule has 0 saturated heterocycles. The third kappa shape index (κ3) is 5.31. The normalized spacial score (nSPS) is 11.9. The molecule has 0 saturated carbocycles. The van der Waals surface area contributed by atoms with E-state index in [1.54, 1.807) is 14.0 Å². The predicted molar refractivity (Wildman–Crippen MR) is 76.9 cm³/mol. The van der Waals surface area contributed by atoms with Crippen LogP contribution in [0.2, 0.25) is 0 Å². The third-order valence-electron chi connectivity index (χ3n) is 2.63. The molecule has 0 heterocycles. The van der Waals surface area contributed by atoms with Crippen molar-refractivity contribution < 1.29 is 9.84 Å². The highest BCUT2D eigenvalue weighted by molar-refractivity contribution is 5.44. The summed E-state index contributed by atoms with van der Waals surface area (Å²) in [5, 5.41) is 9.39. The zero-order chi connectivity index (χ0) is 14.3. The summed E-state index contributed by atoms with van der Waals surface area (Å²) in [5.41, 5.74) is 7.35. The zero-order valence-corrected chi connectivity index (χ0v) is 11.8. The SMILES string of the molecule is COc1ccc(C#CCN)cc1CN(C)CC(C)O. The number of hydrogen-bond donors (Lipinski definition) is 2. The molecule has 4 heteroatoms. The quantitative estimate of drug-likeness (QED) is 0.771. The molecule has 1 atom stereocenters. The average Bonchev–Trinajstić information content (AvgIpc) is 2.35. The first kappa shape index (κ1) is 15.5. The molecule has 1 aromatic carbocycles. The van der Waals surface area contributed by atoms with Gasteiger partial charge in [-0.05, 0) is 32.2 Å². The Morgan fingerprint density at radius 3 is 2.79 bits per heavy atom. The molecule has 0 spiro atoms. The lowest BCUT2D eigenvalue weighted by Gasteiger charge is -2.19. The van der Waals surface area contributed by atoms with Crippen molar-refractivity contribution in [1.82, 2.24) is 4.90 Å². The van der Waals surface area contributed by atoms with Crippen LogP contribution in [0.25, 0.3) is 0 Å². The molecule has 19 heavy (non-hydrogen) atoms. The Bertz CT molecular complexity index is 461. The van der Waals surface area contributed by atoms with Crippen molar-refractivity contribution in [2.24, 2.45) is 5.73 Å². The van der Waals surface area contributed by atoms with E-state index in [0.29, 0.717) is 19.6 Å². The monoisotopic (exact) mass is 262 g/mol. The maximum atomic E-state index is 9.39. The Morgan fingerprint density at radius 1 is 1.47 bits per heavy atom. The van der Waals surface area contributed by atoms with Gasteiger partial charge in [-0.3, -0.25) is 4.90 Å². The highest BCUT2D eigenvalue weighted by Crippen LogP contribution is 2.21. The summed E-state index contributed by atoms with van der Waals surface area (Å²) < 4.78 is 5.35. The Balaban J connectivity index is 2.89. The van der Waals surface area contributed by atoms with Gasteiger partial charge in [0.15, 0.2) is 0 Å². The van der Waals surface area contributed by atoms with Gasteiger partial charge in [0.25, 0.3) is 0 Å². The minimum atomic E-state index is -0.351. The van der Waals surface area contributed by atoms with Crippen molar-refractivity contribution >= 4 is 0 Å². The molecule has 0 aromatic heterocycles. The van der Waals surface area contributed by atoms with Gasteiger partial charge in [-0.15, -0.1) is 0 Å². The Morgan fingerprint density at radius 2 is 2.21 bits per heavy atom.